The summed E-state index contributed by atoms with van der Waals surface area (Å²) in [4.78, 5) is 13.5. The lowest BCUT2D eigenvalue weighted by atomic mass is 10.2. The molecule has 2 aromatic rings. The van der Waals surface area contributed by atoms with Crippen molar-refractivity contribution < 1.29 is 13.2 Å². The summed E-state index contributed by atoms with van der Waals surface area (Å²) in [5.41, 5.74) is 0.691. The smallest absolute Gasteiger partial charge is 0.341 e. The van der Waals surface area contributed by atoms with Crippen molar-refractivity contribution in [3.8, 4) is 11.8 Å². The number of nitrogens with one attached hydrogen (secondary N) is 1. The lowest BCUT2D eigenvalue weighted by Gasteiger charge is -2.09. The van der Waals surface area contributed by atoms with Gasteiger partial charge in [-0.2, -0.15) is 13.2 Å². The molecule has 2 rings (SSSR count). The molecule has 0 saturated carbocycles. The molecule has 2 aromatic heterocycles. The second kappa shape index (κ2) is 6.18. The molecule has 110 valence electrons. The monoisotopic (exact) mass is 312 g/mol. The van der Waals surface area contributed by atoms with Gasteiger partial charge in [-0.3, -0.25) is 0 Å². The van der Waals surface area contributed by atoms with Gasteiger partial charge in [-0.1, -0.05) is 37.5 Å². The maximum absolute atomic E-state index is 13.0. The van der Waals surface area contributed by atoms with Crippen LogP contribution in [-0.2, 0) is 0 Å². The third-order valence-corrected chi connectivity index (χ3v) is 3.32. The van der Waals surface area contributed by atoms with Crippen molar-refractivity contribution in [3.05, 3.63) is 23.6 Å². The molecule has 0 bridgehead atoms. The second-order valence-corrected chi connectivity index (χ2v) is 5.36. The summed E-state index contributed by atoms with van der Waals surface area (Å²) in [5.74, 6) is 5.10. The van der Waals surface area contributed by atoms with Crippen LogP contribution in [0.1, 0.15) is 13.8 Å². The number of thioether (sulfide) groups is 1. The van der Waals surface area contributed by atoms with Crippen LogP contribution in [0.4, 0.5) is 13.2 Å². The van der Waals surface area contributed by atoms with Crippen LogP contribution in [0.5, 0.6) is 0 Å². The summed E-state index contributed by atoms with van der Waals surface area (Å²) in [6.07, 6.45) is -1.08. The topological polar surface area (TPSA) is 54.5 Å². The Labute approximate surface area is 123 Å². The van der Waals surface area contributed by atoms with E-state index in [1.54, 1.807) is 13.8 Å². The van der Waals surface area contributed by atoms with Gasteiger partial charge in [0, 0.05) is 12.0 Å². The number of hydrogen-bond acceptors (Lipinski definition) is 4. The number of H-pyrrole nitrogens is 1. The number of alkyl halides is 3. The van der Waals surface area contributed by atoms with Crippen LogP contribution in [0.15, 0.2) is 28.7 Å². The summed E-state index contributed by atoms with van der Waals surface area (Å²) in [6, 6.07) is 0. The van der Waals surface area contributed by atoms with Gasteiger partial charge in [0.15, 0.2) is 5.65 Å². The Bertz CT molecular complexity index is 722. The lowest BCUT2D eigenvalue weighted by molar-refractivity contribution is -0.0835. The highest BCUT2D eigenvalue weighted by Gasteiger charge is 2.35. The second-order valence-electron chi connectivity index (χ2n) is 4.33. The predicted octanol–water partition coefficient (Wildman–Crippen LogP) is 3.55. The molecule has 0 spiro atoms. The predicted molar refractivity (Wildman–Crippen MR) is 74.3 cm³/mol. The van der Waals surface area contributed by atoms with E-state index >= 15 is 0 Å². The van der Waals surface area contributed by atoms with Crippen molar-refractivity contribution in [1.82, 2.24) is 19.9 Å². The average Bonchev–Trinajstić information content (AvgIpc) is 2.85. The minimum absolute atomic E-state index is 0.000835. The highest BCUT2D eigenvalue weighted by molar-refractivity contribution is 8.03. The molecule has 0 aliphatic carbocycles. The molecule has 21 heavy (non-hydrogen) atoms. The van der Waals surface area contributed by atoms with Crippen LogP contribution in [0.3, 0.4) is 0 Å². The highest BCUT2D eigenvalue weighted by Crippen LogP contribution is 2.39. The van der Waals surface area contributed by atoms with E-state index in [1.165, 1.54) is 12.7 Å². The van der Waals surface area contributed by atoms with Gasteiger partial charge in [0.05, 0.1) is 6.33 Å². The summed E-state index contributed by atoms with van der Waals surface area (Å²) in [6.45, 7) is 3.61. The molecule has 0 amide bonds. The highest BCUT2D eigenvalue weighted by atomic mass is 32.2. The quantitative estimate of drug-likeness (QED) is 0.523. The molecular formula is C13H11F3N4S. The zero-order valence-corrected chi connectivity index (χ0v) is 12.0. The van der Waals surface area contributed by atoms with Gasteiger partial charge in [0.1, 0.15) is 21.8 Å². The molecule has 8 heteroatoms. The van der Waals surface area contributed by atoms with Gasteiger partial charge in [-0.25, -0.2) is 15.0 Å². The molecule has 0 fully saturated rings. The zero-order valence-electron chi connectivity index (χ0n) is 11.2. The Morgan fingerprint density at radius 3 is 2.76 bits per heavy atom. The van der Waals surface area contributed by atoms with Crippen molar-refractivity contribution in [1.29, 1.82) is 0 Å². The van der Waals surface area contributed by atoms with E-state index in [-0.39, 0.29) is 10.9 Å². The Morgan fingerprint density at radius 2 is 2.10 bits per heavy atom. The van der Waals surface area contributed by atoms with Crippen LogP contribution in [-0.4, -0.2) is 26.1 Å². The van der Waals surface area contributed by atoms with E-state index in [0.717, 1.165) is 6.08 Å². The van der Waals surface area contributed by atoms with Gasteiger partial charge in [-0.05, 0) is 0 Å². The van der Waals surface area contributed by atoms with Crippen LogP contribution in [0, 0.1) is 17.8 Å². The largest absolute Gasteiger partial charge is 0.423 e. The zero-order chi connectivity index (χ0) is 15.5. The number of fused-ring (bicyclic) bond motifs is 1. The van der Waals surface area contributed by atoms with E-state index in [4.69, 9.17) is 0 Å². The SMILES string of the molecule is CC(C)C#C/C=C(/Sc1ncnc2nc[nH]c12)C(F)(F)F. The number of hydrogen-bond donors (Lipinski definition) is 1. The third-order valence-electron chi connectivity index (χ3n) is 2.25. The third kappa shape index (κ3) is 3.98. The molecule has 0 radical (unpaired) electrons. The van der Waals surface area contributed by atoms with Crippen LogP contribution < -0.4 is 0 Å². The number of halogens is 3. The Balaban J connectivity index is 2.36. The van der Waals surface area contributed by atoms with Crippen molar-refractivity contribution in [3.63, 3.8) is 0 Å². The van der Waals surface area contributed by atoms with Crippen molar-refractivity contribution >= 4 is 22.9 Å². The van der Waals surface area contributed by atoms with E-state index in [2.05, 4.69) is 31.8 Å². The summed E-state index contributed by atoms with van der Waals surface area (Å²) in [7, 11) is 0. The summed E-state index contributed by atoms with van der Waals surface area (Å²) in [5, 5.41) is 0.160. The minimum atomic E-state index is -4.49. The number of allylic oxidation sites excluding steroid dienone is 2. The first kappa shape index (κ1) is 15.4. The van der Waals surface area contributed by atoms with Crippen molar-refractivity contribution in [2.45, 2.75) is 25.0 Å². The number of aromatic nitrogens is 4. The fourth-order valence-electron chi connectivity index (χ4n) is 1.37. The number of imidazole rings is 1. The summed E-state index contributed by atoms with van der Waals surface area (Å²) < 4.78 is 39.1. The van der Waals surface area contributed by atoms with Crippen LogP contribution in [0.2, 0.25) is 0 Å². The molecule has 1 N–H and O–H groups in total. The van der Waals surface area contributed by atoms with Gasteiger partial charge in [-0.15, -0.1) is 0 Å². The first-order chi connectivity index (χ1) is 9.88. The van der Waals surface area contributed by atoms with Gasteiger partial charge in [0.25, 0.3) is 0 Å². The van der Waals surface area contributed by atoms with E-state index in [0.29, 0.717) is 22.9 Å². The minimum Gasteiger partial charge on any atom is -0.341 e. The van der Waals surface area contributed by atoms with Crippen LogP contribution in [0.25, 0.3) is 11.2 Å². The van der Waals surface area contributed by atoms with Gasteiger partial charge in [0.2, 0.25) is 0 Å². The first-order valence-corrected chi connectivity index (χ1v) is 6.80. The molecule has 0 aromatic carbocycles. The molecule has 2 heterocycles. The van der Waals surface area contributed by atoms with Crippen LogP contribution >= 0.6 is 11.8 Å². The molecule has 0 atom stereocenters. The maximum atomic E-state index is 13.0. The Morgan fingerprint density at radius 1 is 1.33 bits per heavy atom. The van der Waals surface area contributed by atoms with E-state index in [1.807, 2.05) is 0 Å². The van der Waals surface area contributed by atoms with Crippen molar-refractivity contribution in [2.75, 3.05) is 0 Å². The van der Waals surface area contributed by atoms with Gasteiger partial charge >= 0.3 is 6.18 Å². The number of nitrogens with zero attached hydrogens (tertiary/aromatic N) is 3. The molecule has 4 nitrogen and oxygen atoms in total. The normalized spacial score (nSPS) is 12.6. The van der Waals surface area contributed by atoms with Crippen molar-refractivity contribution in [2.24, 2.45) is 5.92 Å². The molecule has 0 aliphatic rings. The molecule has 0 unspecified atom stereocenters. The molecule has 0 saturated heterocycles. The van der Waals surface area contributed by atoms with Gasteiger partial charge < -0.3 is 4.98 Å². The first-order valence-electron chi connectivity index (χ1n) is 5.98. The standard InChI is InChI=1S/C13H11F3N4S/c1-8(2)4-3-5-9(13(14,15)16)21-12-10-11(18-6-17-10)19-7-20-12/h5-8H,1-2H3,(H,17,18,19,20)/b9-5+. The Kier molecular flexibility index (Phi) is 4.53. The Hall–Kier alpha value is -2.01. The van der Waals surface area contributed by atoms with E-state index < -0.39 is 11.1 Å². The summed E-state index contributed by atoms with van der Waals surface area (Å²) >= 11 is 0.493. The average molecular weight is 312 g/mol. The maximum Gasteiger partial charge on any atom is 0.423 e. The number of aromatic amines is 1. The molecular weight excluding hydrogens is 301 g/mol. The number of rotatable bonds is 2. The fourth-order valence-corrected chi connectivity index (χ4v) is 2.16. The van der Waals surface area contributed by atoms with E-state index in [9.17, 15) is 13.2 Å². The lowest BCUT2D eigenvalue weighted by Crippen LogP contribution is -2.09. The fraction of sp³-hybridized carbons (Fsp3) is 0.308. The molecule has 0 aliphatic heterocycles.